The molecule has 0 amide bonds. The van der Waals surface area contributed by atoms with E-state index in [1.807, 2.05) is 0 Å². The largest absolute Gasteiger partial charge is 0.462 e. The summed E-state index contributed by atoms with van der Waals surface area (Å²) in [5.74, 6) is -0.900. The SMILES string of the molecule is CC/C=C\C/C=C\C/C=C\C/C=C\C/C=C\C/C=C\CCCCCCCCCCC(=O)OCC(COC(=O)CCCCCCC/C=C\CCCCC)OC(=O)CCCCCCCCCCC/C=C\C/C=C\CCCCCCC. The first-order chi connectivity index (χ1) is 38.5. The molecule has 0 radical (unpaired) electrons. The predicted octanol–water partition coefficient (Wildman–Crippen LogP) is 22.6. The van der Waals surface area contributed by atoms with Crippen molar-refractivity contribution in [1.29, 1.82) is 0 Å². The van der Waals surface area contributed by atoms with Crippen LogP contribution in [-0.4, -0.2) is 37.2 Å². The van der Waals surface area contributed by atoms with Gasteiger partial charge in [-0.1, -0.05) is 271 Å². The maximum atomic E-state index is 12.9. The van der Waals surface area contributed by atoms with Gasteiger partial charge in [0.25, 0.3) is 0 Å². The molecule has 0 aliphatic carbocycles. The topological polar surface area (TPSA) is 78.9 Å². The summed E-state index contributed by atoms with van der Waals surface area (Å²) < 4.78 is 16.9. The van der Waals surface area contributed by atoms with Crippen LogP contribution in [-0.2, 0) is 28.6 Å². The molecule has 446 valence electrons. The molecule has 1 unspecified atom stereocenters. The van der Waals surface area contributed by atoms with Crippen LogP contribution in [0, 0.1) is 0 Å². The van der Waals surface area contributed by atoms with Crippen molar-refractivity contribution in [1.82, 2.24) is 0 Å². The van der Waals surface area contributed by atoms with E-state index < -0.39 is 6.10 Å². The standard InChI is InChI=1S/C72H122O6/c1-4-7-10-13-16-19-22-25-27-29-31-33-34-35-36-37-38-40-41-43-45-47-50-53-56-59-62-65-71(74)77-68-69(67-76-70(73)64-61-58-55-52-49-24-21-18-15-12-9-6-3)78-72(75)66-63-60-57-54-51-48-46-44-42-39-32-30-28-26-23-20-17-14-11-8-5-2/h7,10,16,18-19,21,23,25-27,30-33,35-36,38,40,69H,4-6,8-9,11-15,17,20,22,24,28-29,34,37,39,41-68H2,1-3H3/b10-7-,19-16-,21-18-,26-23-,27-25-,32-30-,33-31-,36-35-,40-38-. The minimum atomic E-state index is -0.790. The van der Waals surface area contributed by atoms with Gasteiger partial charge < -0.3 is 14.2 Å². The molecule has 0 aliphatic rings. The summed E-state index contributed by atoms with van der Waals surface area (Å²) >= 11 is 0. The molecule has 0 heterocycles. The number of hydrogen-bond donors (Lipinski definition) is 0. The number of allylic oxidation sites excluding steroid dienone is 18. The van der Waals surface area contributed by atoms with Crippen LogP contribution in [0.4, 0.5) is 0 Å². The van der Waals surface area contributed by atoms with E-state index in [0.29, 0.717) is 19.3 Å². The van der Waals surface area contributed by atoms with Crippen LogP contribution >= 0.6 is 0 Å². The van der Waals surface area contributed by atoms with E-state index in [-0.39, 0.29) is 31.1 Å². The van der Waals surface area contributed by atoms with Gasteiger partial charge in [-0.15, -0.1) is 0 Å². The van der Waals surface area contributed by atoms with E-state index in [0.717, 1.165) is 116 Å². The van der Waals surface area contributed by atoms with Gasteiger partial charge in [0.15, 0.2) is 6.10 Å². The fourth-order valence-corrected chi connectivity index (χ4v) is 9.06. The number of ether oxygens (including phenoxy) is 3. The van der Waals surface area contributed by atoms with Crippen LogP contribution in [0.5, 0.6) is 0 Å². The number of rotatable bonds is 59. The molecule has 0 fully saturated rings. The number of carbonyl (C=O) groups is 3. The minimum absolute atomic E-state index is 0.0865. The summed E-state index contributed by atoms with van der Waals surface area (Å²) in [4.78, 5) is 38.3. The maximum absolute atomic E-state index is 12.9. The van der Waals surface area contributed by atoms with Gasteiger partial charge in [-0.05, 0) is 128 Å². The predicted molar refractivity (Wildman–Crippen MR) is 339 cm³/mol. The Labute approximate surface area is 482 Å². The molecular weight excluding hydrogens is 961 g/mol. The Hall–Kier alpha value is -3.93. The number of hydrogen-bond acceptors (Lipinski definition) is 6. The average molecular weight is 1080 g/mol. The molecule has 6 nitrogen and oxygen atoms in total. The Morgan fingerprint density at radius 3 is 0.821 bits per heavy atom. The molecule has 0 aromatic carbocycles. The van der Waals surface area contributed by atoms with Gasteiger partial charge in [-0.25, -0.2) is 0 Å². The van der Waals surface area contributed by atoms with Crippen molar-refractivity contribution in [2.45, 2.75) is 316 Å². The summed E-state index contributed by atoms with van der Waals surface area (Å²) in [6.45, 7) is 6.50. The highest BCUT2D eigenvalue weighted by Gasteiger charge is 2.19. The molecule has 0 bridgehead atoms. The molecule has 0 rings (SSSR count). The molecule has 0 aliphatic heterocycles. The normalized spacial score (nSPS) is 12.8. The Morgan fingerprint density at radius 1 is 0.269 bits per heavy atom. The van der Waals surface area contributed by atoms with Gasteiger partial charge in [0.2, 0.25) is 0 Å². The minimum Gasteiger partial charge on any atom is -0.462 e. The number of esters is 3. The van der Waals surface area contributed by atoms with Gasteiger partial charge in [0, 0.05) is 19.3 Å². The third-order valence-electron chi connectivity index (χ3n) is 14.0. The lowest BCUT2D eigenvalue weighted by atomic mass is 10.1. The van der Waals surface area contributed by atoms with Gasteiger partial charge in [0.05, 0.1) is 0 Å². The molecule has 0 aromatic heterocycles. The monoisotopic (exact) mass is 1080 g/mol. The molecule has 1 atom stereocenters. The van der Waals surface area contributed by atoms with Crippen molar-refractivity contribution < 1.29 is 28.6 Å². The molecule has 0 saturated carbocycles. The Balaban J connectivity index is 4.33. The lowest BCUT2D eigenvalue weighted by molar-refractivity contribution is -0.167. The Morgan fingerprint density at radius 2 is 0.500 bits per heavy atom. The Bertz CT molecular complexity index is 1570. The van der Waals surface area contributed by atoms with Crippen molar-refractivity contribution in [2.24, 2.45) is 0 Å². The van der Waals surface area contributed by atoms with Crippen molar-refractivity contribution in [3.63, 3.8) is 0 Å². The smallest absolute Gasteiger partial charge is 0.306 e. The Kier molecular flexibility index (Phi) is 62.3. The third kappa shape index (κ3) is 62.9. The molecule has 0 N–H and O–H groups in total. The highest BCUT2D eigenvalue weighted by molar-refractivity contribution is 5.71. The summed E-state index contributed by atoms with van der Waals surface area (Å²) in [6.07, 6.45) is 89.5. The van der Waals surface area contributed by atoms with Gasteiger partial charge >= 0.3 is 17.9 Å². The van der Waals surface area contributed by atoms with E-state index in [1.165, 1.54) is 154 Å². The van der Waals surface area contributed by atoms with Crippen molar-refractivity contribution in [3.8, 4) is 0 Å². The fourth-order valence-electron chi connectivity index (χ4n) is 9.06. The molecule has 0 aromatic rings. The lowest BCUT2D eigenvalue weighted by Gasteiger charge is -2.18. The molecular formula is C72H122O6. The summed E-state index contributed by atoms with van der Waals surface area (Å²) in [6, 6.07) is 0. The van der Waals surface area contributed by atoms with E-state index in [4.69, 9.17) is 14.2 Å². The second-order valence-electron chi connectivity index (χ2n) is 21.6. The van der Waals surface area contributed by atoms with Crippen LogP contribution in [0.1, 0.15) is 310 Å². The zero-order chi connectivity index (χ0) is 56.4. The lowest BCUT2D eigenvalue weighted by Crippen LogP contribution is -2.30. The van der Waals surface area contributed by atoms with Crippen LogP contribution in [0.15, 0.2) is 109 Å². The second-order valence-corrected chi connectivity index (χ2v) is 21.6. The third-order valence-corrected chi connectivity index (χ3v) is 14.0. The average Bonchev–Trinajstić information content (AvgIpc) is 3.44. The van der Waals surface area contributed by atoms with Crippen LogP contribution in [0.25, 0.3) is 0 Å². The van der Waals surface area contributed by atoms with Crippen LogP contribution < -0.4 is 0 Å². The zero-order valence-electron chi connectivity index (χ0n) is 51.2. The van der Waals surface area contributed by atoms with E-state index in [9.17, 15) is 14.4 Å². The van der Waals surface area contributed by atoms with E-state index >= 15 is 0 Å². The first-order valence-corrected chi connectivity index (χ1v) is 32.9. The highest BCUT2D eigenvalue weighted by atomic mass is 16.6. The second kappa shape index (κ2) is 65.6. The molecule has 6 heteroatoms. The van der Waals surface area contributed by atoms with Crippen LogP contribution in [0.2, 0.25) is 0 Å². The number of unbranched alkanes of at least 4 members (excludes halogenated alkanes) is 30. The van der Waals surface area contributed by atoms with Crippen molar-refractivity contribution >= 4 is 17.9 Å². The summed E-state index contributed by atoms with van der Waals surface area (Å²) in [7, 11) is 0. The summed E-state index contributed by atoms with van der Waals surface area (Å²) in [5, 5.41) is 0. The first kappa shape index (κ1) is 74.1. The maximum Gasteiger partial charge on any atom is 0.306 e. The van der Waals surface area contributed by atoms with E-state index in [1.54, 1.807) is 0 Å². The van der Waals surface area contributed by atoms with Crippen molar-refractivity contribution in [2.75, 3.05) is 13.2 Å². The number of carbonyl (C=O) groups excluding carboxylic acids is 3. The summed E-state index contributed by atoms with van der Waals surface area (Å²) in [5.41, 5.74) is 0. The van der Waals surface area contributed by atoms with E-state index in [2.05, 4.69) is 130 Å². The van der Waals surface area contributed by atoms with Crippen LogP contribution in [0.3, 0.4) is 0 Å². The molecule has 0 saturated heterocycles. The zero-order valence-corrected chi connectivity index (χ0v) is 51.2. The highest BCUT2D eigenvalue weighted by Crippen LogP contribution is 2.16. The van der Waals surface area contributed by atoms with Gasteiger partial charge in [0.1, 0.15) is 13.2 Å². The van der Waals surface area contributed by atoms with Gasteiger partial charge in [-0.3, -0.25) is 14.4 Å². The fraction of sp³-hybridized carbons (Fsp3) is 0.708. The quantitative estimate of drug-likeness (QED) is 0.0261. The van der Waals surface area contributed by atoms with Crippen molar-refractivity contribution in [3.05, 3.63) is 109 Å². The molecule has 78 heavy (non-hydrogen) atoms. The molecule has 0 spiro atoms. The van der Waals surface area contributed by atoms with Gasteiger partial charge in [-0.2, -0.15) is 0 Å². The first-order valence-electron chi connectivity index (χ1n) is 32.9.